The normalized spacial score (nSPS) is 17.4. The predicted molar refractivity (Wildman–Crippen MR) is 128 cm³/mol. The molecule has 0 aliphatic heterocycles. The number of aryl methyl sites for hydroxylation is 3. The molecule has 1 aliphatic carbocycles. The summed E-state index contributed by atoms with van der Waals surface area (Å²) >= 11 is 2.46. The zero-order chi connectivity index (χ0) is 22.4. The van der Waals surface area contributed by atoms with Gasteiger partial charge in [-0.1, -0.05) is 0 Å². The number of hydrogen-bond acceptors (Lipinski definition) is 0. The molecule has 4 heteroatoms. The van der Waals surface area contributed by atoms with E-state index < -0.39 is 0 Å². The van der Waals surface area contributed by atoms with Crippen LogP contribution in [0.2, 0.25) is 3.72 Å². The first-order chi connectivity index (χ1) is 14.7. The zero-order valence-electron chi connectivity index (χ0n) is 20.6. The summed E-state index contributed by atoms with van der Waals surface area (Å²) in [4.78, 5) is 0. The van der Waals surface area contributed by atoms with Crippen LogP contribution in [0.1, 0.15) is 54.2 Å². The number of hydrogen-bond donors (Lipinski definition) is 0. The van der Waals surface area contributed by atoms with Gasteiger partial charge in [0.05, 0.1) is 0 Å². The summed E-state index contributed by atoms with van der Waals surface area (Å²) in [6.45, 7) is 13.5. The quantitative estimate of drug-likeness (QED) is 0.290. The SMILES string of the molecule is CC1=CC(C)=C(C)[C]1([Ti+3])C(c1cccc(C)c1)(c1cccc(C)c1)c1cccc(C)c1.[Cl-].[Cl-].[Cl-]. The molecular formula is C30H31Cl3Ti. The van der Waals surface area contributed by atoms with Gasteiger partial charge < -0.3 is 37.2 Å². The predicted octanol–water partition coefficient (Wildman–Crippen LogP) is -1.04. The Bertz CT molecular complexity index is 1110. The minimum atomic E-state index is -0.334. The van der Waals surface area contributed by atoms with E-state index in [1.165, 1.54) is 50.1 Å². The van der Waals surface area contributed by atoms with Crippen molar-refractivity contribution < 1.29 is 57.7 Å². The molecule has 4 rings (SSSR count). The molecule has 0 saturated carbocycles. The number of rotatable bonds is 4. The molecule has 0 saturated heterocycles. The van der Waals surface area contributed by atoms with E-state index in [9.17, 15) is 0 Å². The van der Waals surface area contributed by atoms with E-state index in [0.29, 0.717) is 0 Å². The fourth-order valence-corrected chi connectivity index (χ4v) is 6.59. The van der Waals surface area contributed by atoms with Crippen LogP contribution in [0.5, 0.6) is 0 Å². The van der Waals surface area contributed by atoms with Gasteiger partial charge in [0.1, 0.15) is 0 Å². The molecule has 34 heavy (non-hydrogen) atoms. The third-order valence-corrected chi connectivity index (χ3v) is 8.88. The Labute approximate surface area is 236 Å². The molecule has 0 spiro atoms. The van der Waals surface area contributed by atoms with Crippen LogP contribution in [0.3, 0.4) is 0 Å². The number of allylic oxidation sites excluding steroid dienone is 4. The molecule has 0 heterocycles. The third-order valence-electron chi connectivity index (χ3n) is 7.09. The first kappa shape index (κ1) is 30.8. The third kappa shape index (κ3) is 4.73. The molecule has 3 aromatic carbocycles. The molecule has 1 aliphatic rings. The van der Waals surface area contributed by atoms with Crippen molar-refractivity contribution in [2.24, 2.45) is 0 Å². The van der Waals surface area contributed by atoms with Crippen LogP contribution in [0, 0.1) is 20.8 Å². The molecule has 1 unspecified atom stereocenters. The monoisotopic (exact) mass is 544 g/mol. The first-order valence-corrected chi connectivity index (χ1v) is 11.8. The molecule has 0 N–H and O–H groups in total. The van der Waals surface area contributed by atoms with Crippen LogP contribution in [0.25, 0.3) is 0 Å². The second-order valence-corrected chi connectivity index (χ2v) is 10.4. The molecule has 0 amide bonds. The van der Waals surface area contributed by atoms with Gasteiger partial charge in [-0.2, -0.15) is 0 Å². The Hall–Kier alpha value is -1.28. The Morgan fingerprint density at radius 1 is 0.588 bits per heavy atom. The van der Waals surface area contributed by atoms with Crippen molar-refractivity contribution in [3.8, 4) is 0 Å². The summed E-state index contributed by atoms with van der Waals surface area (Å²) in [5.41, 5.74) is 11.9. The zero-order valence-corrected chi connectivity index (χ0v) is 24.5. The van der Waals surface area contributed by atoms with Crippen molar-refractivity contribution in [3.05, 3.63) is 129 Å². The van der Waals surface area contributed by atoms with Crippen LogP contribution < -0.4 is 37.2 Å². The summed E-state index contributed by atoms with van der Waals surface area (Å²) in [7, 11) is 0. The average molecular weight is 546 g/mol. The first-order valence-electron chi connectivity index (χ1n) is 11.0. The maximum absolute atomic E-state index is 2.46. The maximum Gasteiger partial charge on any atom is -1.00 e. The van der Waals surface area contributed by atoms with Gasteiger partial charge in [0, 0.05) is 0 Å². The number of halogens is 3. The maximum atomic E-state index is 2.46. The van der Waals surface area contributed by atoms with Crippen molar-refractivity contribution in [3.63, 3.8) is 0 Å². The van der Waals surface area contributed by atoms with Gasteiger partial charge in [-0.3, -0.25) is 0 Å². The summed E-state index contributed by atoms with van der Waals surface area (Å²) in [5.74, 6) is 0. The standard InChI is InChI=1S/C30H31.3ClH.Ti/c1-20-10-7-13-26(16-20)30(27-14-8-11-21(2)17-27,28-15-9-12-22(3)18-28)29-24(5)19-23(4)25(29)6;;;;/h7-19H,1-6H3;3*1H;/q;;;;+3/p-3. The Morgan fingerprint density at radius 3 is 1.21 bits per heavy atom. The molecule has 0 fully saturated rings. The summed E-state index contributed by atoms with van der Waals surface area (Å²) in [6.07, 6.45) is 2.39. The van der Waals surface area contributed by atoms with Crippen molar-refractivity contribution in [2.75, 3.05) is 0 Å². The fourth-order valence-electron chi connectivity index (χ4n) is 5.49. The van der Waals surface area contributed by atoms with Crippen molar-refractivity contribution in [1.29, 1.82) is 0 Å². The van der Waals surface area contributed by atoms with Gasteiger partial charge in [0.25, 0.3) is 0 Å². The molecule has 0 nitrogen and oxygen atoms in total. The van der Waals surface area contributed by atoms with Crippen molar-refractivity contribution >= 4 is 0 Å². The molecule has 1 atom stereocenters. The van der Waals surface area contributed by atoms with Gasteiger partial charge in [-0.15, -0.1) is 0 Å². The van der Waals surface area contributed by atoms with Gasteiger partial charge >= 0.3 is 200 Å². The minimum absolute atomic E-state index is 0. The summed E-state index contributed by atoms with van der Waals surface area (Å²) < 4.78 is -0.174. The molecule has 0 aromatic heterocycles. The largest absolute Gasteiger partial charge is 1.00 e. The molecular weight excluding hydrogens is 515 g/mol. The topological polar surface area (TPSA) is 0 Å². The average Bonchev–Trinajstić information content (AvgIpc) is 2.92. The number of benzene rings is 3. The van der Waals surface area contributed by atoms with E-state index in [1.807, 2.05) is 0 Å². The van der Waals surface area contributed by atoms with Crippen LogP contribution in [0.15, 0.2) is 95.6 Å². The van der Waals surface area contributed by atoms with Gasteiger partial charge in [0.2, 0.25) is 0 Å². The van der Waals surface area contributed by atoms with Crippen molar-refractivity contribution in [2.45, 2.75) is 50.7 Å². The van der Waals surface area contributed by atoms with Crippen LogP contribution in [-0.2, 0) is 25.9 Å². The van der Waals surface area contributed by atoms with E-state index in [0.717, 1.165) is 0 Å². The second kappa shape index (κ2) is 11.6. The second-order valence-electron chi connectivity index (χ2n) is 9.24. The van der Waals surface area contributed by atoms with Crippen molar-refractivity contribution in [1.82, 2.24) is 0 Å². The molecule has 0 bridgehead atoms. The fraction of sp³-hybridized carbons (Fsp3) is 0.267. The van der Waals surface area contributed by atoms with Gasteiger partial charge in [0.15, 0.2) is 0 Å². The van der Waals surface area contributed by atoms with Crippen LogP contribution in [-0.4, -0.2) is 0 Å². The van der Waals surface area contributed by atoms with E-state index in [4.69, 9.17) is 0 Å². The molecule has 3 aromatic rings. The smallest absolute Gasteiger partial charge is 1.00 e. The Morgan fingerprint density at radius 2 is 0.941 bits per heavy atom. The van der Waals surface area contributed by atoms with Crippen LogP contribution >= 0.6 is 0 Å². The summed E-state index contributed by atoms with van der Waals surface area (Å²) in [6, 6.07) is 27.4. The minimum Gasteiger partial charge on any atom is -1.00 e. The van der Waals surface area contributed by atoms with E-state index >= 15 is 0 Å². The van der Waals surface area contributed by atoms with E-state index in [-0.39, 0.29) is 46.4 Å². The van der Waals surface area contributed by atoms with E-state index in [1.54, 1.807) is 0 Å². The molecule has 0 radical (unpaired) electrons. The van der Waals surface area contributed by atoms with Gasteiger partial charge in [-0.25, -0.2) is 0 Å². The molecule has 176 valence electrons. The van der Waals surface area contributed by atoms with Crippen LogP contribution in [0.4, 0.5) is 0 Å². The Kier molecular flexibility index (Phi) is 10.5. The Balaban J connectivity index is 0.00000193. The summed E-state index contributed by atoms with van der Waals surface area (Å²) in [5, 5.41) is 0. The van der Waals surface area contributed by atoms with Gasteiger partial charge in [-0.05, 0) is 0 Å². The van der Waals surface area contributed by atoms with E-state index in [2.05, 4.69) is 141 Å².